The summed E-state index contributed by atoms with van der Waals surface area (Å²) in [5.74, 6) is 0.148. The molecule has 3 rings (SSSR count). The van der Waals surface area contributed by atoms with Crippen molar-refractivity contribution in [3.8, 4) is 0 Å². The zero-order chi connectivity index (χ0) is 15.9. The van der Waals surface area contributed by atoms with Crippen LogP contribution in [0.15, 0.2) is 35.5 Å². The fourth-order valence-electron chi connectivity index (χ4n) is 3.40. The van der Waals surface area contributed by atoms with Crippen molar-refractivity contribution in [3.05, 3.63) is 46.7 Å². The lowest BCUT2D eigenvalue weighted by molar-refractivity contribution is -0.122. The monoisotopic (exact) mass is 297 g/mol. The molecule has 0 aromatic heterocycles. The van der Waals surface area contributed by atoms with E-state index in [1.54, 1.807) is 0 Å². The van der Waals surface area contributed by atoms with E-state index in [1.165, 1.54) is 5.56 Å². The normalized spacial score (nSPS) is 22.4. The minimum Gasteiger partial charge on any atom is -0.329 e. The smallest absolute Gasteiger partial charge is 0.225 e. The van der Waals surface area contributed by atoms with Crippen LogP contribution in [0.1, 0.15) is 63.5 Å². The maximum absolute atomic E-state index is 12.3. The van der Waals surface area contributed by atoms with Crippen LogP contribution in [-0.2, 0) is 15.0 Å². The van der Waals surface area contributed by atoms with Gasteiger partial charge in [0.1, 0.15) is 0 Å². The van der Waals surface area contributed by atoms with Crippen LogP contribution >= 0.6 is 0 Å². The molecule has 2 aliphatic rings. The average molecular weight is 297 g/mol. The Bertz CT molecular complexity index is 647. The highest BCUT2D eigenvalue weighted by Crippen LogP contribution is 2.38. The predicted octanol–water partition coefficient (Wildman–Crippen LogP) is 3.59. The van der Waals surface area contributed by atoms with Gasteiger partial charge in [0.15, 0.2) is 5.78 Å². The van der Waals surface area contributed by atoms with Crippen LogP contribution in [0.5, 0.6) is 0 Å². The van der Waals surface area contributed by atoms with Gasteiger partial charge in [0.2, 0.25) is 5.91 Å². The molecule has 1 atom stereocenters. The Morgan fingerprint density at radius 1 is 1.05 bits per heavy atom. The molecule has 1 aliphatic carbocycles. The number of benzene rings is 1. The summed E-state index contributed by atoms with van der Waals surface area (Å²) in [5.41, 5.74) is 4.14. The van der Waals surface area contributed by atoms with Crippen molar-refractivity contribution < 1.29 is 9.59 Å². The third kappa shape index (κ3) is 2.72. The molecule has 22 heavy (non-hydrogen) atoms. The summed E-state index contributed by atoms with van der Waals surface area (Å²) in [6, 6.07) is 8.40. The van der Waals surface area contributed by atoms with Crippen LogP contribution < -0.4 is 5.32 Å². The van der Waals surface area contributed by atoms with E-state index in [0.717, 1.165) is 29.7 Å². The molecule has 116 valence electrons. The summed E-state index contributed by atoms with van der Waals surface area (Å²) in [6.45, 7) is 6.55. The van der Waals surface area contributed by atoms with Crippen molar-refractivity contribution in [2.75, 3.05) is 0 Å². The highest BCUT2D eigenvalue weighted by atomic mass is 16.2. The standard InChI is InChI=1S/C19H23NO2/c1-19(2,3)13-9-7-12(8-10-13)14-11-17(22)20-15-5-4-6-16(21)18(14)15/h7-10,14H,4-6,11H2,1-3H3,(H,20,22). The molecule has 0 fully saturated rings. The van der Waals surface area contributed by atoms with Gasteiger partial charge in [-0.3, -0.25) is 9.59 Å². The number of allylic oxidation sites excluding steroid dienone is 2. The Kier molecular flexibility index (Phi) is 3.67. The SMILES string of the molecule is CC(C)(C)c1ccc(C2CC(=O)NC3=C2C(=O)CCC3)cc1. The number of ketones is 1. The number of hydrogen-bond donors (Lipinski definition) is 1. The predicted molar refractivity (Wildman–Crippen MR) is 86.5 cm³/mol. The zero-order valence-electron chi connectivity index (χ0n) is 13.5. The van der Waals surface area contributed by atoms with Crippen molar-refractivity contribution in [1.29, 1.82) is 0 Å². The third-order valence-electron chi connectivity index (χ3n) is 4.66. The third-order valence-corrected chi connectivity index (χ3v) is 4.66. The van der Waals surface area contributed by atoms with Gasteiger partial charge in [-0.25, -0.2) is 0 Å². The quantitative estimate of drug-likeness (QED) is 0.861. The molecule has 3 heteroatoms. The first-order valence-corrected chi connectivity index (χ1v) is 8.03. The Morgan fingerprint density at radius 3 is 2.36 bits per heavy atom. The first-order valence-electron chi connectivity index (χ1n) is 8.03. The van der Waals surface area contributed by atoms with Crippen molar-refractivity contribution in [2.45, 2.75) is 57.8 Å². The molecule has 1 heterocycles. The number of nitrogens with one attached hydrogen (secondary N) is 1. The molecule has 1 aromatic carbocycles. The van der Waals surface area contributed by atoms with Crippen LogP contribution in [0.2, 0.25) is 0 Å². The van der Waals surface area contributed by atoms with E-state index < -0.39 is 0 Å². The molecule has 0 saturated heterocycles. The summed E-state index contributed by atoms with van der Waals surface area (Å²) >= 11 is 0. The lowest BCUT2D eigenvalue weighted by Crippen LogP contribution is -2.36. The van der Waals surface area contributed by atoms with E-state index in [9.17, 15) is 9.59 Å². The van der Waals surface area contributed by atoms with Gasteiger partial charge in [-0.05, 0) is 29.4 Å². The summed E-state index contributed by atoms with van der Waals surface area (Å²) in [5, 5.41) is 2.90. The van der Waals surface area contributed by atoms with Crippen molar-refractivity contribution in [3.63, 3.8) is 0 Å². The first kappa shape index (κ1) is 15.0. The molecule has 3 nitrogen and oxygen atoms in total. The lowest BCUT2D eigenvalue weighted by atomic mass is 9.77. The van der Waals surface area contributed by atoms with Crippen LogP contribution in [0.3, 0.4) is 0 Å². The van der Waals surface area contributed by atoms with Crippen LogP contribution in [0, 0.1) is 0 Å². The fraction of sp³-hybridized carbons (Fsp3) is 0.474. The molecule has 1 unspecified atom stereocenters. The highest BCUT2D eigenvalue weighted by Gasteiger charge is 2.34. The van der Waals surface area contributed by atoms with Crippen LogP contribution in [0.25, 0.3) is 0 Å². The first-order chi connectivity index (χ1) is 10.4. The molecule has 0 saturated carbocycles. The average Bonchev–Trinajstić information content (AvgIpc) is 2.45. The fourth-order valence-corrected chi connectivity index (χ4v) is 3.40. The molecule has 0 bridgehead atoms. The molecule has 1 amide bonds. The Morgan fingerprint density at radius 2 is 1.73 bits per heavy atom. The van der Waals surface area contributed by atoms with E-state index in [0.29, 0.717) is 12.8 Å². The maximum atomic E-state index is 12.3. The molecule has 0 spiro atoms. The summed E-state index contributed by atoms with van der Waals surface area (Å²) in [6.07, 6.45) is 2.63. The number of carbonyl (C=O) groups is 2. The lowest BCUT2D eigenvalue weighted by Gasteiger charge is -2.31. The van der Waals surface area contributed by atoms with E-state index in [1.807, 2.05) is 0 Å². The van der Waals surface area contributed by atoms with Gasteiger partial charge in [-0.2, -0.15) is 0 Å². The molecule has 1 N–H and O–H groups in total. The topological polar surface area (TPSA) is 46.2 Å². The molecule has 1 aliphatic heterocycles. The highest BCUT2D eigenvalue weighted by molar-refractivity contribution is 6.01. The van der Waals surface area contributed by atoms with E-state index in [4.69, 9.17) is 0 Å². The van der Waals surface area contributed by atoms with Crippen LogP contribution in [0.4, 0.5) is 0 Å². The summed E-state index contributed by atoms with van der Waals surface area (Å²) in [4.78, 5) is 24.3. The molecular formula is C19H23NO2. The van der Waals surface area contributed by atoms with Crippen LogP contribution in [-0.4, -0.2) is 11.7 Å². The summed E-state index contributed by atoms with van der Waals surface area (Å²) in [7, 11) is 0. The number of rotatable bonds is 1. The second kappa shape index (κ2) is 5.38. The Hall–Kier alpha value is -1.90. The van der Waals surface area contributed by atoms with Crippen molar-refractivity contribution in [1.82, 2.24) is 5.32 Å². The number of amides is 1. The minimum atomic E-state index is -0.0782. The van der Waals surface area contributed by atoms with Gasteiger partial charge in [0, 0.05) is 30.0 Å². The number of Topliss-reactive ketones (excluding diaryl/α,β-unsaturated/α-hetero) is 1. The van der Waals surface area contributed by atoms with Gasteiger partial charge in [-0.1, -0.05) is 45.0 Å². The van der Waals surface area contributed by atoms with E-state index in [2.05, 4.69) is 50.4 Å². The summed E-state index contributed by atoms with van der Waals surface area (Å²) < 4.78 is 0. The van der Waals surface area contributed by atoms with E-state index >= 15 is 0 Å². The van der Waals surface area contributed by atoms with E-state index in [-0.39, 0.29) is 23.0 Å². The van der Waals surface area contributed by atoms with Gasteiger partial charge in [0.05, 0.1) is 0 Å². The van der Waals surface area contributed by atoms with Crippen molar-refractivity contribution in [2.24, 2.45) is 0 Å². The molecule has 1 aromatic rings. The molecule has 0 radical (unpaired) electrons. The molecular weight excluding hydrogens is 274 g/mol. The largest absolute Gasteiger partial charge is 0.329 e. The van der Waals surface area contributed by atoms with Crippen molar-refractivity contribution >= 4 is 11.7 Å². The number of hydrogen-bond acceptors (Lipinski definition) is 2. The second-order valence-electron chi connectivity index (χ2n) is 7.35. The Labute approximate surface area is 131 Å². The van der Waals surface area contributed by atoms with Gasteiger partial charge >= 0.3 is 0 Å². The number of carbonyl (C=O) groups excluding carboxylic acids is 2. The van der Waals surface area contributed by atoms with Gasteiger partial charge in [0.25, 0.3) is 0 Å². The maximum Gasteiger partial charge on any atom is 0.225 e. The van der Waals surface area contributed by atoms with Gasteiger partial charge < -0.3 is 5.32 Å². The van der Waals surface area contributed by atoms with Gasteiger partial charge in [-0.15, -0.1) is 0 Å². The second-order valence-corrected chi connectivity index (χ2v) is 7.35. The Balaban J connectivity index is 1.99. The minimum absolute atomic E-state index is 0.0262. The zero-order valence-corrected chi connectivity index (χ0v) is 13.5.